The molecule has 4 heteroatoms. The van der Waals surface area contributed by atoms with Gasteiger partial charge in [0.25, 0.3) is 5.91 Å². The molecule has 3 N–H and O–H groups in total. The first-order chi connectivity index (χ1) is 8.24. The van der Waals surface area contributed by atoms with Crippen LogP contribution in [0.2, 0.25) is 0 Å². The molecule has 2 saturated carbocycles. The molecule has 1 aromatic heterocycles. The highest BCUT2D eigenvalue weighted by Crippen LogP contribution is 2.37. The molecule has 1 heterocycles. The Bertz CT molecular complexity index is 430. The molecule has 0 aliphatic heterocycles. The quantitative estimate of drug-likeness (QED) is 0.834. The number of anilines is 1. The number of carbonyl (C=O) groups is 1. The summed E-state index contributed by atoms with van der Waals surface area (Å²) in [7, 11) is 0. The molecular formula is C13H19N3O. The van der Waals surface area contributed by atoms with E-state index in [9.17, 15) is 4.79 Å². The van der Waals surface area contributed by atoms with Crippen LogP contribution in [-0.2, 0) is 0 Å². The maximum Gasteiger partial charge on any atom is 0.268 e. The van der Waals surface area contributed by atoms with Gasteiger partial charge in [-0.25, -0.2) is 0 Å². The first-order valence-corrected chi connectivity index (χ1v) is 6.49. The topological polar surface area (TPSA) is 60.1 Å². The molecule has 92 valence electrons. The van der Waals surface area contributed by atoms with Crippen LogP contribution in [-0.4, -0.2) is 17.0 Å². The summed E-state index contributed by atoms with van der Waals surface area (Å²) in [6, 6.07) is 2.28. The maximum absolute atomic E-state index is 12.1. The molecule has 3 rings (SSSR count). The van der Waals surface area contributed by atoms with Gasteiger partial charge in [0.2, 0.25) is 0 Å². The fourth-order valence-corrected chi connectivity index (χ4v) is 2.36. The summed E-state index contributed by atoms with van der Waals surface area (Å²) in [4.78, 5) is 12.1. The predicted octanol–water partition coefficient (Wildman–Crippen LogP) is 1.94. The average Bonchev–Trinajstić information content (AvgIpc) is 2.99. The van der Waals surface area contributed by atoms with Gasteiger partial charge in [0, 0.05) is 18.8 Å². The smallest absolute Gasteiger partial charge is 0.268 e. The minimum absolute atomic E-state index is 0.0282. The van der Waals surface area contributed by atoms with Crippen LogP contribution in [0.1, 0.15) is 48.6 Å². The molecular weight excluding hydrogens is 214 g/mol. The third-order valence-electron chi connectivity index (χ3n) is 3.82. The lowest BCUT2D eigenvalue weighted by Gasteiger charge is -2.25. The Morgan fingerprint density at radius 1 is 1.41 bits per heavy atom. The summed E-state index contributed by atoms with van der Waals surface area (Å²) in [6.45, 7) is 0.814. The number of nitrogens with one attached hydrogen (secondary N) is 1. The van der Waals surface area contributed by atoms with Gasteiger partial charge in [-0.2, -0.15) is 0 Å². The van der Waals surface area contributed by atoms with E-state index in [1.165, 1.54) is 19.3 Å². The Morgan fingerprint density at radius 2 is 2.18 bits per heavy atom. The Hall–Kier alpha value is -1.45. The molecule has 17 heavy (non-hydrogen) atoms. The minimum Gasteiger partial charge on any atom is -0.397 e. The second-order valence-corrected chi connectivity index (χ2v) is 5.30. The highest BCUT2D eigenvalue weighted by atomic mass is 16.1. The Balaban J connectivity index is 1.66. The zero-order valence-corrected chi connectivity index (χ0v) is 9.98. The average molecular weight is 233 g/mol. The van der Waals surface area contributed by atoms with Crippen molar-refractivity contribution in [3.63, 3.8) is 0 Å². The van der Waals surface area contributed by atoms with Gasteiger partial charge in [-0.1, -0.05) is 6.42 Å². The van der Waals surface area contributed by atoms with Gasteiger partial charge in [-0.05, 0) is 37.7 Å². The van der Waals surface area contributed by atoms with Crippen LogP contribution in [0.3, 0.4) is 0 Å². The zero-order chi connectivity index (χ0) is 11.8. The fraction of sp³-hybridized carbons (Fsp3) is 0.615. The first kappa shape index (κ1) is 10.7. The largest absolute Gasteiger partial charge is 0.397 e. The number of rotatable bonds is 4. The molecule has 4 nitrogen and oxygen atoms in total. The number of amides is 1. The van der Waals surface area contributed by atoms with Crippen molar-refractivity contribution in [2.75, 3.05) is 12.3 Å². The van der Waals surface area contributed by atoms with Gasteiger partial charge >= 0.3 is 0 Å². The highest BCUT2D eigenvalue weighted by molar-refractivity contribution is 5.93. The van der Waals surface area contributed by atoms with E-state index >= 15 is 0 Å². The van der Waals surface area contributed by atoms with Crippen LogP contribution in [0.25, 0.3) is 0 Å². The summed E-state index contributed by atoms with van der Waals surface area (Å²) >= 11 is 0. The van der Waals surface area contributed by atoms with Gasteiger partial charge in [0.05, 0.1) is 5.69 Å². The van der Waals surface area contributed by atoms with Crippen LogP contribution in [0.5, 0.6) is 0 Å². The molecule has 2 aliphatic rings. The van der Waals surface area contributed by atoms with E-state index < -0.39 is 0 Å². The molecule has 2 fully saturated rings. The second kappa shape index (κ2) is 4.09. The van der Waals surface area contributed by atoms with E-state index in [-0.39, 0.29) is 5.91 Å². The second-order valence-electron chi connectivity index (χ2n) is 5.30. The molecule has 0 saturated heterocycles. The lowest BCUT2D eigenvalue weighted by Crippen LogP contribution is -2.33. The number of carbonyl (C=O) groups excluding carboxylic acids is 1. The molecule has 0 atom stereocenters. The van der Waals surface area contributed by atoms with Gasteiger partial charge in [-0.3, -0.25) is 4.79 Å². The Morgan fingerprint density at radius 3 is 2.76 bits per heavy atom. The van der Waals surface area contributed by atoms with Crippen molar-refractivity contribution in [3.05, 3.63) is 18.0 Å². The van der Waals surface area contributed by atoms with Crippen molar-refractivity contribution in [2.24, 2.45) is 5.92 Å². The zero-order valence-electron chi connectivity index (χ0n) is 9.98. The van der Waals surface area contributed by atoms with E-state index in [1.54, 1.807) is 6.07 Å². The molecule has 0 bridgehead atoms. The summed E-state index contributed by atoms with van der Waals surface area (Å²) < 4.78 is 2.03. The Kier molecular flexibility index (Phi) is 2.57. The molecule has 1 amide bonds. The molecule has 0 aromatic carbocycles. The highest BCUT2D eigenvalue weighted by Gasteiger charge is 2.28. The summed E-state index contributed by atoms with van der Waals surface area (Å²) in [5.74, 6) is 0.723. The third kappa shape index (κ3) is 2.16. The number of hydrogen-bond donors (Lipinski definition) is 2. The van der Waals surface area contributed by atoms with Gasteiger partial charge < -0.3 is 15.6 Å². The monoisotopic (exact) mass is 233 g/mol. The van der Waals surface area contributed by atoms with Crippen molar-refractivity contribution in [2.45, 2.75) is 38.1 Å². The van der Waals surface area contributed by atoms with Crippen LogP contribution < -0.4 is 11.1 Å². The van der Waals surface area contributed by atoms with Crippen molar-refractivity contribution < 1.29 is 4.79 Å². The van der Waals surface area contributed by atoms with Gasteiger partial charge in [0.15, 0.2) is 0 Å². The van der Waals surface area contributed by atoms with Crippen molar-refractivity contribution in [1.82, 2.24) is 9.88 Å². The van der Waals surface area contributed by atoms with E-state index in [1.807, 2.05) is 10.8 Å². The standard InChI is InChI=1S/C13H19N3O/c14-10-6-12(16(8-10)11-4-5-11)13(17)15-7-9-2-1-3-9/h6,8-9,11H,1-5,7,14H2,(H,15,17). The fourth-order valence-electron chi connectivity index (χ4n) is 2.36. The van der Waals surface area contributed by atoms with Gasteiger partial charge in [-0.15, -0.1) is 0 Å². The van der Waals surface area contributed by atoms with Crippen molar-refractivity contribution in [1.29, 1.82) is 0 Å². The lowest BCUT2D eigenvalue weighted by molar-refractivity contribution is 0.0929. The molecule has 0 radical (unpaired) electrons. The lowest BCUT2D eigenvalue weighted by atomic mass is 9.85. The van der Waals surface area contributed by atoms with E-state index in [0.717, 1.165) is 25.1 Å². The summed E-state index contributed by atoms with van der Waals surface area (Å²) in [5.41, 5.74) is 7.19. The minimum atomic E-state index is 0.0282. The van der Waals surface area contributed by atoms with Crippen molar-refractivity contribution >= 4 is 11.6 Å². The van der Waals surface area contributed by atoms with E-state index in [2.05, 4.69) is 5.32 Å². The van der Waals surface area contributed by atoms with Crippen LogP contribution in [0.15, 0.2) is 12.3 Å². The van der Waals surface area contributed by atoms with Crippen LogP contribution in [0, 0.1) is 5.92 Å². The summed E-state index contributed by atoms with van der Waals surface area (Å²) in [6.07, 6.45) is 8.04. The maximum atomic E-state index is 12.1. The number of nitrogens with two attached hydrogens (primary N) is 1. The SMILES string of the molecule is Nc1cc(C(=O)NCC2CCC2)n(C2CC2)c1. The molecule has 1 aromatic rings. The first-order valence-electron chi connectivity index (χ1n) is 6.49. The predicted molar refractivity (Wildman–Crippen MR) is 66.8 cm³/mol. The summed E-state index contributed by atoms with van der Waals surface area (Å²) in [5, 5.41) is 3.02. The van der Waals surface area contributed by atoms with Crippen LogP contribution in [0.4, 0.5) is 5.69 Å². The number of aromatic nitrogens is 1. The van der Waals surface area contributed by atoms with E-state index in [0.29, 0.717) is 17.6 Å². The van der Waals surface area contributed by atoms with Crippen molar-refractivity contribution in [3.8, 4) is 0 Å². The Labute approximate surface area is 101 Å². The van der Waals surface area contributed by atoms with Gasteiger partial charge in [0.1, 0.15) is 5.69 Å². The normalized spacial score (nSPS) is 20.0. The molecule has 0 unspecified atom stereocenters. The number of nitrogens with zero attached hydrogens (tertiary/aromatic N) is 1. The number of hydrogen-bond acceptors (Lipinski definition) is 2. The molecule has 2 aliphatic carbocycles. The third-order valence-corrected chi connectivity index (χ3v) is 3.82. The number of nitrogen functional groups attached to an aromatic ring is 1. The van der Waals surface area contributed by atoms with E-state index in [4.69, 9.17) is 5.73 Å². The van der Waals surface area contributed by atoms with Crippen LogP contribution >= 0.6 is 0 Å². The molecule has 0 spiro atoms.